The summed E-state index contributed by atoms with van der Waals surface area (Å²) in [4.78, 5) is 12.6. The van der Waals surface area contributed by atoms with Gasteiger partial charge in [0, 0.05) is 10.0 Å². The van der Waals surface area contributed by atoms with E-state index in [9.17, 15) is 10.1 Å². The van der Waals surface area contributed by atoms with Gasteiger partial charge in [-0.3, -0.25) is 4.79 Å². The molecule has 0 saturated carbocycles. The number of carbonyl (C=O) groups excluding carboxylic acids is 1. The van der Waals surface area contributed by atoms with Crippen LogP contribution in [0.15, 0.2) is 46.4 Å². The molecule has 1 aliphatic heterocycles. The van der Waals surface area contributed by atoms with Gasteiger partial charge in [-0.25, -0.2) is 0 Å². The predicted molar refractivity (Wildman–Crippen MR) is 89.4 cm³/mol. The molecule has 4 nitrogen and oxygen atoms in total. The number of ketones is 1. The van der Waals surface area contributed by atoms with Crippen LogP contribution in [0.5, 0.6) is 11.5 Å². The number of nitriles is 1. The average Bonchev–Trinajstić information content (AvgIpc) is 2.99. The van der Waals surface area contributed by atoms with E-state index in [-0.39, 0.29) is 18.1 Å². The van der Waals surface area contributed by atoms with Gasteiger partial charge in [-0.05, 0) is 36.3 Å². The Labute approximate surface area is 142 Å². The SMILES string of the molecule is Cc1ccccc1C(=O)/C(C#N)=C/c1cc2c(cc1Br)OCO2. The number of aryl methyl sites for hydroxylation is 1. The Hall–Kier alpha value is -2.58. The molecule has 3 rings (SSSR count). The van der Waals surface area contributed by atoms with Crippen LogP contribution in [0.3, 0.4) is 0 Å². The van der Waals surface area contributed by atoms with E-state index in [2.05, 4.69) is 15.9 Å². The van der Waals surface area contributed by atoms with E-state index in [1.54, 1.807) is 30.3 Å². The van der Waals surface area contributed by atoms with Crippen molar-refractivity contribution in [1.29, 1.82) is 5.26 Å². The van der Waals surface area contributed by atoms with Crippen molar-refractivity contribution in [1.82, 2.24) is 0 Å². The highest BCUT2D eigenvalue weighted by molar-refractivity contribution is 9.10. The van der Waals surface area contributed by atoms with Gasteiger partial charge in [0.15, 0.2) is 11.5 Å². The fourth-order valence-corrected chi connectivity index (χ4v) is 2.76. The number of nitrogens with zero attached hydrogens (tertiary/aromatic N) is 1. The smallest absolute Gasteiger partial charge is 0.231 e. The van der Waals surface area contributed by atoms with E-state index >= 15 is 0 Å². The molecule has 23 heavy (non-hydrogen) atoms. The summed E-state index contributed by atoms with van der Waals surface area (Å²) < 4.78 is 11.4. The van der Waals surface area contributed by atoms with Gasteiger partial charge in [0.05, 0.1) is 0 Å². The van der Waals surface area contributed by atoms with Gasteiger partial charge in [0.1, 0.15) is 11.6 Å². The minimum atomic E-state index is -0.296. The summed E-state index contributed by atoms with van der Waals surface area (Å²) >= 11 is 3.43. The van der Waals surface area contributed by atoms with E-state index < -0.39 is 0 Å². The molecule has 0 N–H and O–H groups in total. The molecule has 1 heterocycles. The molecule has 0 amide bonds. The van der Waals surface area contributed by atoms with E-state index in [0.717, 1.165) is 10.0 Å². The zero-order valence-corrected chi connectivity index (χ0v) is 13.9. The van der Waals surface area contributed by atoms with Crippen LogP contribution < -0.4 is 9.47 Å². The molecule has 0 bridgehead atoms. The number of Topliss-reactive ketones (excluding diaryl/α,β-unsaturated/α-hetero) is 1. The number of hydrogen-bond donors (Lipinski definition) is 0. The van der Waals surface area contributed by atoms with Gasteiger partial charge < -0.3 is 9.47 Å². The van der Waals surface area contributed by atoms with E-state index in [4.69, 9.17) is 9.47 Å². The lowest BCUT2D eigenvalue weighted by atomic mass is 9.98. The number of ether oxygens (including phenoxy) is 2. The lowest BCUT2D eigenvalue weighted by Crippen LogP contribution is -2.04. The molecule has 0 saturated heterocycles. The molecule has 0 unspecified atom stereocenters. The first kappa shape index (κ1) is 15.3. The van der Waals surface area contributed by atoms with Crippen LogP contribution in [0.1, 0.15) is 21.5 Å². The van der Waals surface area contributed by atoms with Crippen LogP contribution in [0.25, 0.3) is 6.08 Å². The Morgan fingerprint density at radius 1 is 1.26 bits per heavy atom. The molecule has 114 valence electrons. The standard InChI is InChI=1S/C18H12BrNO3/c1-11-4-2-3-5-14(11)18(21)13(9-20)6-12-7-16-17(8-15(12)19)23-10-22-16/h2-8H,10H2,1H3/b13-6+. The van der Waals surface area contributed by atoms with Gasteiger partial charge in [-0.2, -0.15) is 5.26 Å². The number of rotatable bonds is 3. The Morgan fingerprint density at radius 3 is 2.65 bits per heavy atom. The molecule has 0 radical (unpaired) electrons. The van der Waals surface area contributed by atoms with E-state index in [1.165, 1.54) is 0 Å². The van der Waals surface area contributed by atoms with Gasteiger partial charge in [-0.1, -0.05) is 40.2 Å². The first-order valence-corrected chi connectivity index (χ1v) is 7.70. The molecular weight excluding hydrogens is 358 g/mol. The zero-order valence-electron chi connectivity index (χ0n) is 12.3. The molecular formula is C18H12BrNO3. The van der Waals surface area contributed by atoms with Crippen LogP contribution in [-0.4, -0.2) is 12.6 Å². The topological polar surface area (TPSA) is 59.3 Å². The predicted octanol–water partition coefficient (Wildman–Crippen LogP) is 4.28. The van der Waals surface area contributed by atoms with Crippen LogP contribution in [0.4, 0.5) is 0 Å². The van der Waals surface area contributed by atoms with E-state index in [0.29, 0.717) is 22.6 Å². The quantitative estimate of drug-likeness (QED) is 0.460. The summed E-state index contributed by atoms with van der Waals surface area (Å²) in [6.07, 6.45) is 1.56. The molecule has 2 aromatic carbocycles. The maximum Gasteiger partial charge on any atom is 0.231 e. The number of fused-ring (bicyclic) bond motifs is 1. The maximum atomic E-state index is 12.6. The van der Waals surface area contributed by atoms with Gasteiger partial charge >= 0.3 is 0 Å². The molecule has 0 spiro atoms. The third-order valence-electron chi connectivity index (χ3n) is 3.55. The number of hydrogen-bond acceptors (Lipinski definition) is 4. The van der Waals surface area contributed by atoms with Crippen LogP contribution in [-0.2, 0) is 0 Å². The molecule has 0 atom stereocenters. The van der Waals surface area contributed by atoms with Crippen molar-refractivity contribution in [3.8, 4) is 17.6 Å². The first-order valence-electron chi connectivity index (χ1n) is 6.91. The molecule has 0 aliphatic carbocycles. The highest BCUT2D eigenvalue weighted by Crippen LogP contribution is 2.37. The highest BCUT2D eigenvalue weighted by atomic mass is 79.9. The highest BCUT2D eigenvalue weighted by Gasteiger charge is 2.18. The third kappa shape index (κ3) is 2.99. The van der Waals surface area contributed by atoms with Crippen molar-refractivity contribution in [2.45, 2.75) is 6.92 Å². The Bertz CT molecular complexity index is 865. The summed E-state index contributed by atoms with van der Waals surface area (Å²) in [5.74, 6) is 0.938. The van der Waals surface area contributed by atoms with Gasteiger partial charge in [0.2, 0.25) is 12.6 Å². The van der Waals surface area contributed by atoms with Crippen LogP contribution >= 0.6 is 15.9 Å². The normalized spacial score (nSPS) is 12.8. The summed E-state index contributed by atoms with van der Waals surface area (Å²) in [5, 5.41) is 9.38. The molecule has 0 aromatic heterocycles. The second-order valence-electron chi connectivity index (χ2n) is 5.04. The summed E-state index contributed by atoms with van der Waals surface area (Å²) in [7, 11) is 0. The Kier molecular flexibility index (Phi) is 4.18. The van der Waals surface area contributed by atoms with Crippen molar-refractivity contribution in [2.75, 3.05) is 6.79 Å². The third-order valence-corrected chi connectivity index (χ3v) is 4.23. The minimum Gasteiger partial charge on any atom is -0.454 e. The van der Waals surface area contributed by atoms with Crippen molar-refractivity contribution in [3.05, 3.63) is 63.1 Å². The maximum absolute atomic E-state index is 12.6. The minimum absolute atomic E-state index is 0.0684. The number of benzene rings is 2. The molecule has 0 fully saturated rings. The van der Waals surface area contributed by atoms with Crippen molar-refractivity contribution >= 4 is 27.8 Å². The van der Waals surface area contributed by atoms with Crippen molar-refractivity contribution < 1.29 is 14.3 Å². The number of allylic oxidation sites excluding steroid dienone is 1. The van der Waals surface area contributed by atoms with E-state index in [1.807, 2.05) is 25.1 Å². The molecule has 1 aliphatic rings. The summed E-state index contributed by atoms with van der Waals surface area (Å²) in [6, 6.07) is 12.7. The monoisotopic (exact) mass is 369 g/mol. The second kappa shape index (κ2) is 6.27. The molecule has 5 heteroatoms. The lowest BCUT2D eigenvalue weighted by molar-refractivity contribution is 0.103. The second-order valence-corrected chi connectivity index (χ2v) is 5.90. The van der Waals surface area contributed by atoms with Gasteiger partial charge in [-0.15, -0.1) is 0 Å². The summed E-state index contributed by atoms with van der Waals surface area (Å²) in [6.45, 7) is 2.01. The van der Waals surface area contributed by atoms with Crippen molar-refractivity contribution in [3.63, 3.8) is 0 Å². The fraction of sp³-hybridized carbons (Fsp3) is 0.111. The lowest BCUT2D eigenvalue weighted by Gasteiger charge is -2.05. The average molecular weight is 370 g/mol. The fourth-order valence-electron chi connectivity index (χ4n) is 2.32. The molecule has 2 aromatic rings. The zero-order chi connectivity index (χ0) is 16.4. The van der Waals surface area contributed by atoms with Gasteiger partial charge in [0.25, 0.3) is 0 Å². The Balaban J connectivity index is 2.02. The van der Waals surface area contributed by atoms with Crippen LogP contribution in [0.2, 0.25) is 0 Å². The Morgan fingerprint density at radius 2 is 1.96 bits per heavy atom. The number of halogens is 1. The number of carbonyl (C=O) groups is 1. The van der Waals surface area contributed by atoms with Crippen LogP contribution in [0, 0.1) is 18.3 Å². The first-order chi connectivity index (χ1) is 11.1. The van der Waals surface area contributed by atoms with Crippen molar-refractivity contribution in [2.24, 2.45) is 0 Å². The summed E-state index contributed by atoms with van der Waals surface area (Å²) in [5.41, 5.74) is 2.12. The largest absolute Gasteiger partial charge is 0.454 e.